The number of carbonyl (C=O) groups is 1. The molecule has 0 aromatic heterocycles. The molecule has 3 nitrogen and oxygen atoms in total. The summed E-state index contributed by atoms with van der Waals surface area (Å²) in [6.45, 7) is -2.98. The molecule has 0 bridgehead atoms. The molecule has 0 heterocycles. The maximum atomic E-state index is 12.5. The van der Waals surface area contributed by atoms with Crippen LogP contribution in [0.15, 0.2) is 53.4 Å². The lowest BCUT2D eigenvalue weighted by Crippen LogP contribution is -2.03. The van der Waals surface area contributed by atoms with Gasteiger partial charge in [0.2, 0.25) is 0 Å². The Bertz CT molecular complexity index is 794. The average molecular weight is 386 g/mol. The normalized spacial score (nSPS) is 11.3. The van der Waals surface area contributed by atoms with Gasteiger partial charge in [0.1, 0.15) is 11.5 Å². The topological polar surface area (TPSA) is 35.5 Å². The molecule has 0 saturated heterocycles. The van der Waals surface area contributed by atoms with Crippen molar-refractivity contribution in [1.29, 1.82) is 0 Å². The van der Waals surface area contributed by atoms with Gasteiger partial charge >= 0.3 is 6.61 Å². The Hall–Kier alpha value is -2.48. The van der Waals surface area contributed by atoms with E-state index < -0.39 is 18.2 Å². The fraction of sp³-hybridized carbons (Fsp3) is 0.167. The van der Waals surface area contributed by atoms with Gasteiger partial charge in [0.25, 0.3) is 5.76 Å². The third-order valence-corrected chi connectivity index (χ3v) is 3.98. The Labute approximate surface area is 151 Å². The predicted molar refractivity (Wildman–Crippen MR) is 91.3 cm³/mol. The first-order valence-corrected chi connectivity index (χ1v) is 8.17. The number of allylic oxidation sites excluding steroid dienone is 1. The van der Waals surface area contributed by atoms with Crippen LogP contribution in [0.4, 0.5) is 17.6 Å². The van der Waals surface area contributed by atoms with Gasteiger partial charge in [-0.1, -0.05) is 30.0 Å². The summed E-state index contributed by atoms with van der Waals surface area (Å²) in [4.78, 5) is 12.5. The fourth-order valence-corrected chi connectivity index (χ4v) is 2.69. The van der Waals surface area contributed by atoms with Crippen molar-refractivity contribution in [2.24, 2.45) is 0 Å². The molecule has 0 spiro atoms. The number of alkyl halides is 4. The highest BCUT2D eigenvalue weighted by atomic mass is 32.2. The zero-order valence-electron chi connectivity index (χ0n) is 13.5. The van der Waals surface area contributed by atoms with Crippen LogP contribution in [0.2, 0.25) is 0 Å². The minimum atomic E-state index is -2.98. The van der Waals surface area contributed by atoms with E-state index in [0.29, 0.717) is 17.3 Å². The van der Waals surface area contributed by atoms with Gasteiger partial charge in [-0.05, 0) is 36.4 Å². The van der Waals surface area contributed by atoms with Gasteiger partial charge in [0.15, 0.2) is 5.78 Å². The number of benzene rings is 2. The zero-order chi connectivity index (χ0) is 19.1. The van der Waals surface area contributed by atoms with E-state index in [1.807, 2.05) is 0 Å². The van der Waals surface area contributed by atoms with Crippen LogP contribution in [0.1, 0.15) is 15.9 Å². The average Bonchev–Trinajstić information content (AvgIpc) is 2.60. The first-order valence-electron chi connectivity index (χ1n) is 7.30. The first-order chi connectivity index (χ1) is 12.4. The lowest BCUT2D eigenvalue weighted by atomic mass is 10.1. The van der Waals surface area contributed by atoms with Crippen LogP contribution >= 0.6 is 11.8 Å². The van der Waals surface area contributed by atoms with Crippen LogP contribution in [-0.4, -0.2) is 25.3 Å². The predicted octanol–water partition coefficient (Wildman–Crippen LogP) is 5.51. The number of thioether (sulfide) groups is 1. The monoisotopic (exact) mass is 386 g/mol. The minimum absolute atomic E-state index is 0.0622. The third kappa shape index (κ3) is 5.52. The maximum Gasteiger partial charge on any atom is 0.387 e. The zero-order valence-corrected chi connectivity index (χ0v) is 14.3. The molecule has 0 aliphatic carbocycles. The molecule has 0 amide bonds. The highest BCUT2D eigenvalue weighted by Crippen LogP contribution is 2.34. The summed E-state index contributed by atoms with van der Waals surface area (Å²) in [6.07, 6.45) is 2.52. The first kappa shape index (κ1) is 19.8. The maximum absolute atomic E-state index is 12.5. The van der Waals surface area contributed by atoms with Crippen molar-refractivity contribution in [1.82, 2.24) is 0 Å². The Morgan fingerprint density at radius 1 is 1.08 bits per heavy atom. The van der Waals surface area contributed by atoms with Crippen molar-refractivity contribution >= 4 is 23.6 Å². The third-order valence-electron chi connectivity index (χ3n) is 3.21. The highest BCUT2D eigenvalue weighted by molar-refractivity contribution is 7.99. The summed E-state index contributed by atoms with van der Waals surface area (Å²) in [5, 5.41) is 0. The van der Waals surface area contributed by atoms with E-state index in [2.05, 4.69) is 4.74 Å². The van der Waals surface area contributed by atoms with Crippen LogP contribution in [-0.2, 0) is 0 Å². The number of methoxy groups -OCH3 is 1. The van der Waals surface area contributed by atoms with E-state index in [4.69, 9.17) is 4.74 Å². The molecule has 0 N–H and O–H groups in total. The van der Waals surface area contributed by atoms with Crippen LogP contribution < -0.4 is 9.47 Å². The second-order valence-corrected chi connectivity index (χ2v) is 5.89. The number of halogens is 4. The smallest absolute Gasteiger partial charge is 0.387 e. The molecule has 2 aromatic carbocycles. The quantitative estimate of drug-likeness (QED) is 0.259. The lowest BCUT2D eigenvalue weighted by Gasteiger charge is -2.09. The summed E-state index contributed by atoms with van der Waals surface area (Å²) >= 11 is 0.313. The Balaban J connectivity index is 2.21. The van der Waals surface area contributed by atoms with Gasteiger partial charge in [0, 0.05) is 11.1 Å². The molecule has 0 saturated carbocycles. The SMILES string of the molecule is COc1cc(C(=O)/C=C/c2ccccc2OC(F)F)ccc1SC(F)F. The van der Waals surface area contributed by atoms with Crippen LogP contribution in [0, 0.1) is 0 Å². The fourth-order valence-electron chi connectivity index (χ4n) is 2.10. The summed E-state index contributed by atoms with van der Waals surface area (Å²) in [6, 6.07) is 10.1. The molecular formula is C18H14F4O3S. The van der Waals surface area contributed by atoms with Gasteiger partial charge in [-0.2, -0.15) is 17.6 Å². The molecular weight excluding hydrogens is 372 g/mol. The number of para-hydroxylation sites is 1. The second-order valence-electron chi connectivity index (χ2n) is 4.86. The van der Waals surface area contributed by atoms with Gasteiger partial charge in [-0.3, -0.25) is 4.79 Å². The minimum Gasteiger partial charge on any atom is -0.496 e. The largest absolute Gasteiger partial charge is 0.496 e. The number of hydrogen-bond acceptors (Lipinski definition) is 4. The van der Waals surface area contributed by atoms with E-state index in [0.717, 1.165) is 0 Å². The number of carbonyl (C=O) groups excluding carboxylic acids is 1. The van der Waals surface area contributed by atoms with Crippen molar-refractivity contribution in [3.63, 3.8) is 0 Å². The molecule has 26 heavy (non-hydrogen) atoms. The summed E-state index contributed by atoms with van der Waals surface area (Å²) < 4.78 is 59.2. The van der Waals surface area contributed by atoms with Gasteiger partial charge in [-0.15, -0.1) is 0 Å². The van der Waals surface area contributed by atoms with Crippen LogP contribution in [0.25, 0.3) is 6.08 Å². The molecule has 0 fully saturated rings. The Morgan fingerprint density at radius 3 is 2.46 bits per heavy atom. The van der Waals surface area contributed by atoms with E-state index >= 15 is 0 Å². The number of hydrogen-bond donors (Lipinski definition) is 0. The van der Waals surface area contributed by atoms with Crippen molar-refractivity contribution in [3.05, 3.63) is 59.7 Å². The summed E-state index contributed by atoms with van der Waals surface area (Å²) in [5.41, 5.74) is 0.516. The highest BCUT2D eigenvalue weighted by Gasteiger charge is 2.13. The number of ketones is 1. The molecule has 0 aliphatic rings. The van der Waals surface area contributed by atoms with Gasteiger partial charge in [0.05, 0.1) is 12.0 Å². The Morgan fingerprint density at radius 2 is 1.81 bits per heavy atom. The summed E-state index contributed by atoms with van der Waals surface area (Å²) in [5.74, 6) is -2.97. The second kappa shape index (κ2) is 9.28. The van der Waals surface area contributed by atoms with Crippen LogP contribution in [0.5, 0.6) is 11.5 Å². The van der Waals surface area contributed by atoms with Crippen molar-refractivity contribution in [2.45, 2.75) is 17.3 Å². The van der Waals surface area contributed by atoms with Crippen molar-refractivity contribution in [2.75, 3.05) is 7.11 Å². The molecule has 0 unspecified atom stereocenters. The summed E-state index contributed by atoms with van der Waals surface area (Å²) in [7, 11) is 1.31. The standard InChI is InChI=1S/C18H14F4O3S/c1-24-15-10-12(7-9-16(15)26-18(21)22)13(23)8-6-11-4-2-3-5-14(11)25-17(19)20/h2-10,17-18H,1H3/b8-6+. The number of ether oxygens (including phenoxy) is 2. The lowest BCUT2D eigenvalue weighted by molar-refractivity contribution is -0.0499. The van der Waals surface area contributed by atoms with Gasteiger partial charge in [-0.25, -0.2) is 0 Å². The molecule has 0 radical (unpaired) electrons. The molecule has 2 rings (SSSR count). The molecule has 0 atom stereocenters. The molecule has 8 heteroatoms. The van der Waals surface area contributed by atoms with E-state index in [1.54, 1.807) is 6.07 Å². The van der Waals surface area contributed by atoms with E-state index in [-0.39, 0.29) is 22.0 Å². The van der Waals surface area contributed by atoms with E-state index in [9.17, 15) is 22.4 Å². The molecule has 0 aliphatic heterocycles. The molecule has 2 aromatic rings. The van der Waals surface area contributed by atoms with Crippen molar-refractivity contribution in [3.8, 4) is 11.5 Å². The Kier molecular flexibility index (Phi) is 7.08. The number of rotatable bonds is 8. The van der Waals surface area contributed by atoms with Crippen molar-refractivity contribution < 1.29 is 31.8 Å². The van der Waals surface area contributed by atoms with E-state index in [1.165, 1.54) is 55.7 Å². The van der Waals surface area contributed by atoms with Crippen LogP contribution in [0.3, 0.4) is 0 Å². The molecule has 138 valence electrons. The van der Waals surface area contributed by atoms with Gasteiger partial charge < -0.3 is 9.47 Å².